The molecule has 0 rings (SSSR count). The van der Waals surface area contributed by atoms with E-state index in [1.165, 1.54) is 77.0 Å². The van der Waals surface area contributed by atoms with E-state index < -0.39 is 6.16 Å². The lowest BCUT2D eigenvalue weighted by Crippen LogP contribution is -2.16. The fourth-order valence-corrected chi connectivity index (χ4v) is 3.24. The van der Waals surface area contributed by atoms with Crippen LogP contribution in [0.5, 0.6) is 0 Å². The zero-order valence-electron chi connectivity index (χ0n) is 16.4. The van der Waals surface area contributed by atoms with Crippen molar-refractivity contribution in [3.63, 3.8) is 0 Å². The fraction of sp³-hybridized carbons (Fsp3) is 0.952. The van der Waals surface area contributed by atoms with Gasteiger partial charge in [-0.3, -0.25) is 0 Å². The molecule has 0 heterocycles. The van der Waals surface area contributed by atoms with Crippen LogP contribution in [0.1, 0.15) is 123 Å². The van der Waals surface area contributed by atoms with Crippen LogP contribution >= 0.6 is 0 Å². The molecule has 0 saturated heterocycles. The zero-order valence-corrected chi connectivity index (χ0v) is 16.4. The fourth-order valence-electron chi connectivity index (χ4n) is 3.24. The molecule has 24 heavy (non-hydrogen) atoms. The lowest BCUT2D eigenvalue weighted by Gasteiger charge is -2.15. The van der Waals surface area contributed by atoms with Crippen molar-refractivity contribution in [3.05, 3.63) is 0 Å². The summed E-state index contributed by atoms with van der Waals surface area (Å²) < 4.78 is 5.01. The van der Waals surface area contributed by atoms with E-state index in [1.54, 1.807) is 0 Å². The third-order valence-electron chi connectivity index (χ3n) is 4.78. The summed E-state index contributed by atoms with van der Waals surface area (Å²) in [6.45, 7) is 4.43. The van der Waals surface area contributed by atoms with E-state index in [-0.39, 0.29) is 6.10 Å². The van der Waals surface area contributed by atoms with Gasteiger partial charge in [0, 0.05) is 0 Å². The van der Waals surface area contributed by atoms with Gasteiger partial charge < -0.3 is 9.84 Å². The average molecular weight is 343 g/mol. The van der Waals surface area contributed by atoms with Crippen LogP contribution in [0, 0.1) is 0 Å². The lowest BCUT2D eigenvalue weighted by molar-refractivity contribution is 0.0423. The molecule has 0 radical (unpaired) electrons. The number of ether oxygens (including phenoxy) is 1. The largest absolute Gasteiger partial charge is 0.506 e. The minimum Gasteiger partial charge on any atom is -0.450 e. The van der Waals surface area contributed by atoms with Gasteiger partial charge in [0.1, 0.15) is 6.10 Å². The van der Waals surface area contributed by atoms with Crippen LogP contribution in [0.4, 0.5) is 4.79 Å². The van der Waals surface area contributed by atoms with E-state index in [1.807, 2.05) is 0 Å². The van der Waals surface area contributed by atoms with Crippen LogP contribution in [0.15, 0.2) is 0 Å². The highest BCUT2D eigenvalue weighted by atomic mass is 16.7. The quantitative estimate of drug-likeness (QED) is 0.205. The summed E-state index contributed by atoms with van der Waals surface area (Å²) in [5.41, 5.74) is 0. The Balaban J connectivity index is 3.42. The number of hydrogen-bond acceptors (Lipinski definition) is 2. The molecule has 0 aliphatic carbocycles. The smallest absolute Gasteiger partial charge is 0.450 e. The topological polar surface area (TPSA) is 46.5 Å². The van der Waals surface area contributed by atoms with Gasteiger partial charge in [-0.1, -0.05) is 97.3 Å². The Morgan fingerprint density at radius 2 is 1.00 bits per heavy atom. The normalized spacial score (nSPS) is 12.2. The predicted molar refractivity (Wildman–Crippen MR) is 103 cm³/mol. The molecule has 0 bridgehead atoms. The maximum absolute atomic E-state index is 10.7. The summed E-state index contributed by atoms with van der Waals surface area (Å²) >= 11 is 0. The summed E-state index contributed by atoms with van der Waals surface area (Å²) in [5, 5.41) is 8.81. The number of rotatable bonds is 18. The lowest BCUT2D eigenvalue weighted by atomic mass is 10.0. The zero-order chi connectivity index (χ0) is 17.9. The summed E-state index contributed by atoms with van der Waals surface area (Å²) in [6.07, 6.45) is 20.0. The first-order chi connectivity index (χ1) is 11.7. The van der Waals surface area contributed by atoms with Gasteiger partial charge in [-0.15, -0.1) is 0 Å². The third kappa shape index (κ3) is 17.6. The van der Waals surface area contributed by atoms with E-state index in [0.29, 0.717) is 0 Å². The van der Waals surface area contributed by atoms with Gasteiger partial charge in [0.2, 0.25) is 0 Å². The highest BCUT2D eigenvalue weighted by molar-refractivity contribution is 5.57. The van der Waals surface area contributed by atoms with E-state index in [4.69, 9.17) is 9.84 Å². The molecular formula is C21H42O3. The van der Waals surface area contributed by atoms with Gasteiger partial charge >= 0.3 is 6.16 Å². The minimum atomic E-state index is -1.12. The van der Waals surface area contributed by atoms with Crippen molar-refractivity contribution in [2.24, 2.45) is 0 Å². The number of unbranched alkanes of at least 4 members (excludes halogenated alkanes) is 13. The summed E-state index contributed by atoms with van der Waals surface area (Å²) in [5.74, 6) is 0. The first-order valence-corrected chi connectivity index (χ1v) is 10.6. The molecule has 0 saturated carbocycles. The molecule has 3 heteroatoms. The van der Waals surface area contributed by atoms with E-state index in [2.05, 4.69) is 13.8 Å². The highest BCUT2D eigenvalue weighted by Gasteiger charge is 2.12. The van der Waals surface area contributed by atoms with Crippen molar-refractivity contribution in [1.29, 1.82) is 0 Å². The van der Waals surface area contributed by atoms with Crippen LogP contribution < -0.4 is 0 Å². The maximum atomic E-state index is 10.7. The summed E-state index contributed by atoms with van der Waals surface area (Å²) in [7, 11) is 0. The van der Waals surface area contributed by atoms with Crippen molar-refractivity contribution >= 4 is 6.16 Å². The van der Waals surface area contributed by atoms with Crippen molar-refractivity contribution < 1.29 is 14.6 Å². The molecule has 144 valence electrons. The number of carbonyl (C=O) groups is 1. The van der Waals surface area contributed by atoms with Crippen LogP contribution in [-0.4, -0.2) is 17.4 Å². The summed E-state index contributed by atoms with van der Waals surface area (Å²) in [6, 6.07) is 0. The van der Waals surface area contributed by atoms with E-state index in [0.717, 1.165) is 32.1 Å². The van der Waals surface area contributed by atoms with Gasteiger partial charge in [0.05, 0.1) is 0 Å². The monoisotopic (exact) mass is 342 g/mol. The van der Waals surface area contributed by atoms with Gasteiger partial charge in [-0.05, 0) is 25.7 Å². The molecule has 0 fully saturated rings. The Labute approximate surface area is 150 Å². The standard InChI is InChI=1S/C21H42O3/c1-3-5-7-8-9-10-11-12-13-14-15-17-19-20(24-21(22)23)18-16-6-4-2/h20H,3-19H2,1-2H3,(H,22,23). The molecule has 0 aliphatic rings. The Hall–Kier alpha value is -0.730. The van der Waals surface area contributed by atoms with Crippen LogP contribution in [0.3, 0.4) is 0 Å². The van der Waals surface area contributed by atoms with Crippen molar-refractivity contribution in [3.8, 4) is 0 Å². The van der Waals surface area contributed by atoms with Crippen molar-refractivity contribution in [2.75, 3.05) is 0 Å². The third-order valence-corrected chi connectivity index (χ3v) is 4.78. The van der Waals surface area contributed by atoms with Crippen LogP contribution in [0.25, 0.3) is 0 Å². The minimum absolute atomic E-state index is 0.0860. The number of hydrogen-bond donors (Lipinski definition) is 1. The van der Waals surface area contributed by atoms with Crippen LogP contribution in [-0.2, 0) is 4.74 Å². The molecule has 0 aromatic rings. The second-order valence-electron chi connectivity index (χ2n) is 7.18. The van der Waals surface area contributed by atoms with Gasteiger partial charge in [0.25, 0.3) is 0 Å². The van der Waals surface area contributed by atoms with Crippen molar-refractivity contribution in [1.82, 2.24) is 0 Å². The van der Waals surface area contributed by atoms with Gasteiger partial charge in [-0.25, -0.2) is 4.79 Å². The average Bonchev–Trinajstić information content (AvgIpc) is 2.55. The van der Waals surface area contributed by atoms with Crippen molar-refractivity contribution in [2.45, 2.75) is 129 Å². The van der Waals surface area contributed by atoms with Gasteiger partial charge in [0.15, 0.2) is 0 Å². The van der Waals surface area contributed by atoms with Crippen LogP contribution in [0.2, 0.25) is 0 Å². The van der Waals surface area contributed by atoms with Gasteiger partial charge in [-0.2, -0.15) is 0 Å². The maximum Gasteiger partial charge on any atom is 0.506 e. The Bertz CT molecular complexity index is 266. The Kier molecular flexibility index (Phi) is 18.0. The molecule has 1 unspecified atom stereocenters. The van der Waals surface area contributed by atoms with E-state index >= 15 is 0 Å². The second-order valence-corrected chi connectivity index (χ2v) is 7.18. The van der Waals surface area contributed by atoms with E-state index in [9.17, 15) is 4.79 Å². The molecule has 1 N–H and O–H groups in total. The first kappa shape index (κ1) is 23.3. The molecule has 0 amide bonds. The Morgan fingerprint density at radius 1 is 0.667 bits per heavy atom. The molecule has 0 aliphatic heterocycles. The molecule has 1 atom stereocenters. The molecule has 0 spiro atoms. The Morgan fingerprint density at radius 3 is 1.42 bits per heavy atom. The summed E-state index contributed by atoms with van der Waals surface area (Å²) in [4.78, 5) is 10.7. The SMILES string of the molecule is CCCCCCCCCCCCCCC(CCCCC)OC(=O)O. The second kappa shape index (κ2) is 18.6. The molecule has 0 aromatic carbocycles. The molecule has 0 aromatic heterocycles. The highest BCUT2D eigenvalue weighted by Crippen LogP contribution is 2.16. The number of carboxylic acid groups (broad SMARTS) is 1. The predicted octanol–water partition coefficient (Wildman–Crippen LogP) is 7.72. The molecule has 3 nitrogen and oxygen atoms in total. The first-order valence-electron chi connectivity index (χ1n) is 10.6. The molecular weight excluding hydrogens is 300 g/mol.